The van der Waals surface area contributed by atoms with E-state index in [0.29, 0.717) is 0 Å². The zero-order chi connectivity index (χ0) is 19.3. The lowest BCUT2D eigenvalue weighted by Crippen LogP contribution is -2.32. The lowest BCUT2D eigenvalue weighted by Gasteiger charge is -2.24. The van der Waals surface area contributed by atoms with Gasteiger partial charge in [-0.1, -0.05) is 26.0 Å². The van der Waals surface area contributed by atoms with E-state index in [0.717, 1.165) is 12.1 Å². The van der Waals surface area contributed by atoms with Gasteiger partial charge in [-0.3, -0.25) is 4.79 Å². The third-order valence-electron chi connectivity index (χ3n) is 3.30. The van der Waals surface area contributed by atoms with Gasteiger partial charge in [0.25, 0.3) is 0 Å². The number of ether oxygens (including phenoxy) is 1. The molecule has 0 aromatic heterocycles. The number of hydrogen-bond donors (Lipinski definition) is 1. The van der Waals surface area contributed by atoms with Crippen molar-refractivity contribution >= 4 is 5.91 Å². The summed E-state index contributed by atoms with van der Waals surface area (Å²) in [5, 5.41) is 2.54. The molecule has 25 heavy (non-hydrogen) atoms. The van der Waals surface area contributed by atoms with E-state index < -0.39 is 43.1 Å². The normalized spacial score (nSPS) is 13.8. The molecule has 142 valence electrons. The minimum Gasteiger partial charge on any atom is -0.372 e. The second-order valence-corrected chi connectivity index (χ2v) is 5.83. The monoisotopic (exact) mass is 371 g/mol. The highest BCUT2D eigenvalue weighted by atomic mass is 19.4. The molecule has 1 atom stereocenters. The SMILES string of the molecule is CC(C)C(NC(=O)CCOCC(F)(F)F)c1cccc(C(F)(F)F)c1. The molecule has 1 rings (SSSR count). The van der Waals surface area contributed by atoms with Crippen LogP contribution in [0, 0.1) is 5.92 Å². The zero-order valence-electron chi connectivity index (χ0n) is 13.7. The molecule has 0 heterocycles. The van der Waals surface area contributed by atoms with Gasteiger partial charge in [0.05, 0.1) is 18.2 Å². The summed E-state index contributed by atoms with van der Waals surface area (Å²) < 4.78 is 78.6. The van der Waals surface area contributed by atoms with E-state index in [1.54, 1.807) is 13.8 Å². The Bertz CT molecular complexity index is 568. The first-order chi connectivity index (χ1) is 11.4. The molecule has 0 saturated carbocycles. The molecule has 0 bridgehead atoms. The van der Waals surface area contributed by atoms with Crippen molar-refractivity contribution < 1.29 is 35.9 Å². The first-order valence-electron chi connectivity index (χ1n) is 7.51. The third kappa shape index (κ3) is 7.76. The molecule has 1 amide bonds. The van der Waals surface area contributed by atoms with E-state index in [4.69, 9.17) is 0 Å². The van der Waals surface area contributed by atoms with E-state index in [2.05, 4.69) is 10.1 Å². The van der Waals surface area contributed by atoms with Gasteiger partial charge in [0.15, 0.2) is 0 Å². The maximum Gasteiger partial charge on any atom is 0.416 e. The fourth-order valence-electron chi connectivity index (χ4n) is 2.14. The summed E-state index contributed by atoms with van der Waals surface area (Å²) in [6, 6.07) is 3.88. The van der Waals surface area contributed by atoms with Gasteiger partial charge in [-0.25, -0.2) is 0 Å². The van der Waals surface area contributed by atoms with Crippen molar-refractivity contribution in [2.24, 2.45) is 5.92 Å². The smallest absolute Gasteiger partial charge is 0.372 e. The minimum absolute atomic E-state index is 0.219. The number of alkyl halides is 6. The van der Waals surface area contributed by atoms with Crippen molar-refractivity contribution in [3.63, 3.8) is 0 Å². The predicted octanol–water partition coefficient (Wildman–Crippen LogP) is 4.49. The van der Waals surface area contributed by atoms with Crippen molar-refractivity contribution in [2.45, 2.75) is 38.7 Å². The summed E-state index contributed by atoms with van der Waals surface area (Å²) >= 11 is 0. The zero-order valence-corrected chi connectivity index (χ0v) is 13.7. The molecule has 1 unspecified atom stereocenters. The summed E-state index contributed by atoms with van der Waals surface area (Å²) in [7, 11) is 0. The fraction of sp³-hybridized carbons (Fsp3) is 0.562. The second-order valence-electron chi connectivity index (χ2n) is 5.83. The van der Waals surface area contributed by atoms with Crippen LogP contribution in [-0.2, 0) is 15.7 Å². The highest BCUT2D eigenvalue weighted by molar-refractivity contribution is 5.76. The Kier molecular flexibility index (Phi) is 7.28. The first kappa shape index (κ1) is 21.3. The van der Waals surface area contributed by atoms with Gasteiger partial charge in [-0.2, -0.15) is 26.3 Å². The van der Waals surface area contributed by atoms with E-state index in [-0.39, 0.29) is 17.9 Å². The number of halogens is 6. The number of nitrogens with one attached hydrogen (secondary N) is 1. The Hall–Kier alpha value is -1.77. The van der Waals surface area contributed by atoms with Crippen molar-refractivity contribution in [2.75, 3.05) is 13.2 Å². The number of carbonyl (C=O) groups excluding carboxylic acids is 1. The Labute approximate surface area is 141 Å². The van der Waals surface area contributed by atoms with Gasteiger partial charge in [0, 0.05) is 6.42 Å². The number of amides is 1. The van der Waals surface area contributed by atoms with Crippen LogP contribution in [0.5, 0.6) is 0 Å². The largest absolute Gasteiger partial charge is 0.416 e. The first-order valence-corrected chi connectivity index (χ1v) is 7.51. The average molecular weight is 371 g/mol. The molecule has 1 aromatic carbocycles. The number of rotatable bonds is 7. The number of benzene rings is 1. The van der Waals surface area contributed by atoms with Gasteiger partial charge in [-0.15, -0.1) is 0 Å². The molecule has 1 aromatic rings. The van der Waals surface area contributed by atoms with Gasteiger partial charge >= 0.3 is 12.4 Å². The Morgan fingerprint density at radius 3 is 2.32 bits per heavy atom. The molecule has 9 heteroatoms. The molecular formula is C16H19F6NO2. The van der Waals surface area contributed by atoms with Gasteiger partial charge in [0.1, 0.15) is 6.61 Å². The van der Waals surface area contributed by atoms with Crippen LogP contribution in [0.3, 0.4) is 0 Å². The highest BCUT2D eigenvalue weighted by Gasteiger charge is 2.31. The molecule has 3 nitrogen and oxygen atoms in total. The van der Waals surface area contributed by atoms with E-state index in [9.17, 15) is 31.1 Å². The van der Waals surface area contributed by atoms with Crippen LogP contribution in [-0.4, -0.2) is 25.3 Å². The Balaban J connectivity index is 2.70. The number of hydrogen-bond acceptors (Lipinski definition) is 2. The van der Waals surface area contributed by atoms with Crippen LogP contribution in [0.15, 0.2) is 24.3 Å². The molecule has 0 radical (unpaired) electrons. The lowest BCUT2D eigenvalue weighted by molar-refractivity contribution is -0.174. The minimum atomic E-state index is -4.51. The molecule has 0 saturated heterocycles. The maximum atomic E-state index is 12.8. The van der Waals surface area contributed by atoms with Crippen LogP contribution in [0.25, 0.3) is 0 Å². The van der Waals surface area contributed by atoms with Crippen LogP contribution in [0.4, 0.5) is 26.3 Å². The second kappa shape index (κ2) is 8.55. The predicted molar refractivity (Wildman–Crippen MR) is 78.7 cm³/mol. The third-order valence-corrected chi connectivity index (χ3v) is 3.30. The summed E-state index contributed by atoms with van der Waals surface area (Å²) in [6.45, 7) is 1.54. The van der Waals surface area contributed by atoms with E-state index in [1.165, 1.54) is 12.1 Å². The molecular weight excluding hydrogens is 352 g/mol. The molecule has 0 aliphatic rings. The maximum absolute atomic E-state index is 12.8. The van der Waals surface area contributed by atoms with Crippen molar-refractivity contribution in [3.8, 4) is 0 Å². The summed E-state index contributed by atoms with van der Waals surface area (Å²) in [6.07, 6.45) is -9.31. The Morgan fingerprint density at radius 1 is 1.16 bits per heavy atom. The Morgan fingerprint density at radius 2 is 1.80 bits per heavy atom. The number of carbonyl (C=O) groups is 1. The van der Waals surface area contributed by atoms with Crippen LogP contribution >= 0.6 is 0 Å². The topological polar surface area (TPSA) is 38.3 Å². The average Bonchev–Trinajstić information content (AvgIpc) is 2.47. The summed E-state index contributed by atoms with van der Waals surface area (Å²) in [5.41, 5.74) is -0.562. The molecule has 0 aliphatic carbocycles. The van der Waals surface area contributed by atoms with Gasteiger partial charge in [0.2, 0.25) is 5.91 Å². The van der Waals surface area contributed by atoms with E-state index in [1.807, 2.05) is 0 Å². The van der Waals surface area contributed by atoms with Gasteiger partial charge < -0.3 is 10.1 Å². The van der Waals surface area contributed by atoms with Crippen LogP contribution in [0.2, 0.25) is 0 Å². The van der Waals surface area contributed by atoms with Crippen LogP contribution in [0.1, 0.15) is 37.4 Å². The molecule has 0 aliphatic heterocycles. The van der Waals surface area contributed by atoms with Crippen LogP contribution < -0.4 is 5.32 Å². The van der Waals surface area contributed by atoms with Crippen molar-refractivity contribution in [1.82, 2.24) is 5.32 Å². The van der Waals surface area contributed by atoms with Crippen molar-refractivity contribution in [1.29, 1.82) is 0 Å². The quantitative estimate of drug-likeness (QED) is 0.567. The molecule has 0 fully saturated rings. The highest BCUT2D eigenvalue weighted by Crippen LogP contribution is 2.32. The summed E-state index contributed by atoms with van der Waals surface area (Å²) in [4.78, 5) is 11.8. The van der Waals surface area contributed by atoms with Crippen molar-refractivity contribution in [3.05, 3.63) is 35.4 Å². The molecule has 0 spiro atoms. The summed E-state index contributed by atoms with van der Waals surface area (Å²) in [5.74, 6) is -0.818. The van der Waals surface area contributed by atoms with E-state index >= 15 is 0 Å². The fourth-order valence-corrected chi connectivity index (χ4v) is 2.14. The standard InChI is InChI=1S/C16H19F6NO2/c1-10(2)14(11-4-3-5-12(8-11)16(20,21)22)23-13(24)6-7-25-9-15(17,18)19/h3-5,8,10,14H,6-7,9H2,1-2H3,(H,23,24). The lowest BCUT2D eigenvalue weighted by atomic mass is 9.94. The van der Waals surface area contributed by atoms with Gasteiger partial charge in [-0.05, 0) is 23.6 Å². The molecule has 1 N–H and O–H groups in total.